The van der Waals surface area contributed by atoms with Crippen LogP contribution in [0.3, 0.4) is 0 Å². The third-order valence-corrected chi connectivity index (χ3v) is 4.72. The predicted molar refractivity (Wildman–Crippen MR) is 126 cm³/mol. The van der Waals surface area contributed by atoms with Crippen molar-refractivity contribution in [1.82, 2.24) is 20.4 Å². The van der Waals surface area contributed by atoms with Gasteiger partial charge >= 0.3 is 0 Å². The van der Waals surface area contributed by atoms with E-state index >= 15 is 0 Å². The Morgan fingerprint density at radius 2 is 2.24 bits per heavy atom. The number of fused-ring (bicyclic) bond motifs is 1. The lowest BCUT2D eigenvalue weighted by Gasteiger charge is -2.17. The van der Waals surface area contributed by atoms with Crippen LogP contribution in [0.25, 0.3) is 0 Å². The second-order valence-electron chi connectivity index (χ2n) is 7.27. The summed E-state index contributed by atoms with van der Waals surface area (Å²) in [7, 11) is 1.78. The highest BCUT2D eigenvalue weighted by Gasteiger charge is 2.22. The molecule has 0 radical (unpaired) electrons. The summed E-state index contributed by atoms with van der Waals surface area (Å²) in [4.78, 5) is 4.33. The number of benzene rings is 1. The van der Waals surface area contributed by atoms with Gasteiger partial charge in [0.2, 0.25) is 0 Å². The molecule has 0 aliphatic carbocycles. The van der Waals surface area contributed by atoms with Crippen LogP contribution >= 0.6 is 24.0 Å². The maximum atomic E-state index is 5.91. The highest BCUT2D eigenvalue weighted by atomic mass is 127. The van der Waals surface area contributed by atoms with E-state index in [0.717, 1.165) is 42.5 Å². The van der Waals surface area contributed by atoms with E-state index in [2.05, 4.69) is 46.7 Å². The molecule has 1 aliphatic heterocycles. The van der Waals surface area contributed by atoms with E-state index in [1.807, 2.05) is 23.9 Å². The van der Waals surface area contributed by atoms with Gasteiger partial charge in [-0.1, -0.05) is 6.92 Å². The van der Waals surface area contributed by atoms with Crippen LogP contribution in [-0.2, 0) is 19.5 Å². The van der Waals surface area contributed by atoms with Gasteiger partial charge in [-0.2, -0.15) is 5.10 Å². The normalized spacial score (nSPS) is 16.4. The van der Waals surface area contributed by atoms with Crippen molar-refractivity contribution in [2.24, 2.45) is 10.9 Å². The second-order valence-corrected chi connectivity index (χ2v) is 7.27. The Kier molecular flexibility index (Phi) is 9.06. The van der Waals surface area contributed by atoms with Gasteiger partial charge in [-0.3, -0.25) is 9.67 Å². The topological polar surface area (TPSA) is 72.7 Å². The highest BCUT2D eigenvalue weighted by Crippen LogP contribution is 2.35. The third-order valence-electron chi connectivity index (χ3n) is 4.72. The number of hydrogen-bond donors (Lipinski definition) is 2. The third kappa shape index (κ3) is 6.52. The standard InChI is InChI=1S/C21H31N5O2.HI/c1-5-27-19-10-17-9-16(3)28-20(17)11-18(19)13-24-21(22-4)23-12-15(2)14-26-8-6-7-25-26;/h6-8,10-11,15-16H,5,9,12-14H2,1-4H3,(H2,22,23,24);1H. The van der Waals surface area contributed by atoms with E-state index in [1.165, 1.54) is 5.56 Å². The number of nitrogens with zero attached hydrogens (tertiary/aromatic N) is 3. The first-order valence-corrected chi connectivity index (χ1v) is 9.96. The van der Waals surface area contributed by atoms with Crippen LogP contribution in [0.15, 0.2) is 35.6 Å². The molecule has 0 fully saturated rings. The van der Waals surface area contributed by atoms with Crippen LogP contribution in [0.2, 0.25) is 0 Å². The molecule has 2 unspecified atom stereocenters. The summed E-state index contributed by atoms with van der Waals surface area (Å²) in [5.41, 5.74) is 2.29. The molecule has 1 aromatic heterocycles. The fourth-order valence-electron chi connectivity index (χ4n) is 3.37. The Labute approximate surface area is 190 Å². The summed E-state index contributed by atoms with van der Waals surface area (Å²) >= 11 is 0. The molecule has 0 bridgehead atoms. The van der Waals surface area contributed by atoms with Crippen molar-refractivity contribution in [3.8, 4) is 11.5 Å². The van der Waals surface area contributed by atoms with Gasteiger partial charge in [-0.05, 0) is 38.0 Å². The molecule has 1 aliphatic rings. The molecule has 2 atom stereocenters. The minimum Gasteiger partial charge on any atom is -0.494 e. The Morgan fingerprint density at radius 1 is 1.41 bits per heavy atom. The molecule has 8 heteroatoms. The van der Waals surface area contributed by atoms with Crippen molar-refractivity contribution in [3.05, 3.63) is 41.7 Å². The van der Waals surface area contributed by atoms with Crippen LogP contribution in [0.4, 0.5) is 0 Å². The molecule has 1 aromatic carbocycles. The number of aliphatic imine (C=N–C) groups is 1. The maximum Gasteiger partial charge on any atom is 0.191 e. The fraction of sp³-hybridized carbons (Fsp3) is 0.524. The van der Waals surface area contributed by atoms with Crippen molar-refractivity contribution in [3.63, 3.8) is 0 Å². The summed E-state index contributed by atoms with van der Waals surface area (Å²) in [6, 6.07) is 6.14. The molecule has 0 amide bonds. The number of guanidine groups is 1. The minimum atomic E-state index is 0. The lowest BCUT2D eigenvalue weighted by molar-refractivity contribution is 0.254. The Morgan fingerprint density at radius 3 is 2.93 bits per heavy atom. The van der Waals surface area contributed by atoms with Gasteiger partial charge in [0.05, 0.1) is 6.61 Å². The zero-order chi connectivity index (χ0) is 19.9. The fourth-order valence-corrected chi connectivity index (χ4v) is 3.37. The number of nitrogens with one attached hydrogen (secondary N) is 2. The molecule has 0 spiro atoms. The van der Waals surface area contributed by atoms with Gasteiger partial charge in [0.1, 0.15) is 17.6 Å². The second kappa shape index (κ2) is 11.3. The van der Waals surface area contributed by atoms with Gasteiger partial charge in [0.15, 0.2) is 5.96 Å². The van der Waals surface area contributed by atoms with Gasteiger partial charge < -0.3 is 20.1 Å². The van der Waals surface area contributed by atoms with Gasteiger partial charge in [-0.25, -0.2) is 0 Å². The molecule has 7 nitrogen and oxygen atoms in total. The van der Waals surface area contributed by atoms with E-state index in [4.69, 9.17) is 9.47 Å². The lowest BCUT2D eigenvalue weighted by Crippen LogP contribution is -2.39. The first-order chi connectivity index (χ1) is 13.6. The maximum absolute atomic E-state index is 5.91. The van der Waals surface area contributed by atoms with Crippen LogP contribution in [0.1, 0.15) is 31.9 Å². The Balaban J connectivity index is 0.00000300. The van der Waals surface area contributed by atoms with Crippen molar-refractivity contribution >= 4 is 29.9 Å². The van der Waals surface area contributed by atoms with E-state index < -0.39 is 0 Å². The zero-order valence-corrected chi connectivity index (χ0v) is 20.0. The summed E-state index contributed by atoms with van der Waals surface area (Å²) in [6.45, 7) is 9.22. The van der Waals surface area contributed by atoms with E-state index in [0.29, 0.717) is 19.1 Å². The number of ether oxygens (including phenoxy) is 2. The van der Waals surface area contributed by atoms with E-state index in [1.54, 1.807) is 13.2 Å². The summed E-state index contributed by atoms with van der Waals surface area (Å²) in [5, 5.41) is 11.0. The lowest BCUT2D eigenvalue weighted by atomic mass is 10.1. The van der Waals surface area contributed by atoms with Gasteiger partial charge in [-0.15, -0.1) is 24.0 Å². The van der Waals surface area contributed by atoms with Gasteiger partial charge in [0.25, 0.3) is 0 Å². The van der Waals surface area contributed by atoms with Crippen molar-refractivity contribution in [1.29, 1.82) is 0 Å². The largest absolute Gasteiger partial charge is 0.494 e. The molecule has 2 heterocycles. The highest BCUT2D eigenvalue weighted by molar-refractivity contribution is 14.0. The average Bonchev–Trinajstić information content (AvgIpc) is 3.30. The van der Waals surface area contributed by atoms with Crippen LogP contribution in [0, 0.1) is 5.92 Å². The molecule has 2 aromatic rings. The molecular weight excluding hydrogens is 481 g/mol. The van der Waals surface area contributed by atoms with Crippen LogP contribution in [0.5, 0.6) is 11.5 Å². The number of hydrogen-bond acceptors (Lipinski definition) is 4. The van der Waals surface area contributed by atoms with Crippen LogP contribution in [-0.4, -0.2) is 42.0 Å². The molecule has 0 saturated heterocycles. The van der Waals surface area contributed by atoms with E-state index in [-0.39, 0.29) is 30.1 Å². The quantitative estimate of drug-likeness (QED) is 0.322. The molecular formula is C21H32IN5O2. The van der Waals surface area contributed by atoms with Crippen molar-refractivity contribution in [2.45, 2.75) is 46.4 Å². The zero-order valence-electron chi connectivity index (χ0n) is 17.6. The smallest absolute Gasteiger partial charge is 0.191 e. The van der Waals surface area contributed by atoms with Crippen molar-refractivity contribution < 1.29 is 9.47 Å². The van der Waals surface area contributed by atoms with Gasteiger partial charge in [0, 0.05) is 56.6 Å². The molecule has 2 N–H and O–H groups in total. The molecule has 29 heavy (non-hydrogen) atoms. The minimum absolute atomic E-state index is 0. The summed E-state index contributed by atoms with van der Waals surface area (Å²) in [6.07, 6.45) is 4.94. The average molecular weight is 513 g/mol. The predicted octanol–water partition coefficient (Wildman–Crippen LogP) is 3.22. The van der Waals surface area contributed by atoms with Crippen LogP contribution < -0.4 is 20.1 Å². The molecule has 3 rings (SSSR count). The molecule has 160 valence electrons. The van der Waals surface area contributed by atoms with Crippen molar-refractivity contribution in [2.75, 3.05) is 20.2 Å². The SMILES string of the molecule is CCOc1cc2c(cc1CNC(=NC)NCC(C)Cn1cccn1)OC(C)C2.I. The monoisotopic (exact) mass is 513 g/mol. The molecule has 0 saturated carbocycles. The van der Waals surface area contributed by atoms with E-state index in [9.17, 15) is 0 Å². The Bertz CT molecular complexity index is 795. The first-order valence-electron chi connectivity index (χ1n) is 9.96. The Hall–Kier alpha value is -1.97. The summed E-state index contributed by atoms with van der Waals surface area (Å²) < 4.78 is 13.7. The summed E-state index contributed by atoms with van der Waals surface area (Å²) in [5.74, 6) is 3.06. The number of aromatic nitrogens is 2. The first kappa shape index (κ1) is 23.3. The number of halogens is 1. The number of rotatable bonds is 8.